The second kappa shape index (κ2) is 39.2. The molecule has 0 aromatic rings. The Balaban J connectivity index is -0.0000000980. The van der Waals surface area contributed by atoms with Crippen molar-refractivity contribution in [3.63, 3.8) is 0 Å². The summed E-state index contributed by atoms with van der Waals surface area (Å²) in [6.07, 6.45) is 18.9. The van der Waals surface area contributed by atoms with Crippen molar-refractivity contribution in [1.82, 2.24) is 0 Å². The van der Waals surface area contributed by atoms with Crippen LogP contribution in [0.4, 0.5) is 0 Å². The average molecular weight is 332 g/mol. The zero-order chi connectivity index (χ0) is 11.2. The van der Waals surface area contributed by atoms with Crippen LogP contribution in [-0.4, -0.2) is 148 Å². The van der Waals surface area contributed by atoms with E-state index in [9.17, 15) is 0 Å². The van der Waals surface area contributed by atoms with Crippen molar-refractivity contribution in [3.8, 4) is 0 Å². The van der Waals surface area contributed by atoms with E-state index in [1.165, 1.54) is 83.5 Å². The summed E-state index contributed by atoms with van der Waals surface area (Å²) < 4.78 is 0. The van der Waals surface area contributed by atoms with Crippen LogP contribution in [0.1, 0.15) is 97.3 Å². The van der Waals surface area contributed by atoms with Crippen molar-refractivity contribution < 1.29 is 0 Å². The van der Waals surface area contributed by atoms with Crippen molar-refractivity contribution >= 4 is 148 Å². The van der Waals surface area contributed by atoms with E-state index < -0.39 is 0 Å². The van der Waals surface area contributed by atoms with Gasteiger partial charge in [-0.05, 0) is 0 Å². The fourth-order valence-electron chi connectivity index (χ4n) is 2.09. The second-order valence-electron chi connectivity index (χ2n) is 4.89. The molecule has 20 heavy (non-hydrogen) atoms. The molecule has 0 radical (unpaired) electrons. The van der Waals surface area contributed by atoms with Gasteiger partial charge in [0.15, 0.2) is 0 Å². The fourth-order valence-corrected chi connectivity index (χ4v) is 2.09. The number of unbranched alkanes of at least 4 members (excludes halogenated alkanes) is 12. The van der Waals surface area contributed by atoms with E-state index in [1.54, 1.807) is 0 Å². The van der Waals surface area contributed by atoms with Crippen LogP contribution in [0.3, 0.4) is 0 Å². The molecule has 0 spiro atoms. The van der Waals surface area contributed by atoms with E-state index in [2.05, 4.69) is 13.8 Å². The molecule has 0 unspecified atom stereocenters. The van der Waals surface area contributed by atoms with Crippen LogP contribution in [0, 0.1) is 0 Å². The Hall–Kier alpha value is 5.00. The summed E-state index contributed by atoms with van der Waals surface area (Å²) in [7, 11) is 0. The third-order valence-corrected chi connectivity index (χ3v) is 3.21. The molecule has 0 bridgehead atoms. The van der Waals surface area contributed by atoms with Crippen molar-refractivity contribution in [2.24, 2.45) is 0 Å². The van der Waals surface area contributed by atoms with E-state index in [1.807, 2.05) is 0 Å². The molecule has 0 rings (SSSR count). The van der Waals surface area contributed by atoms with Gasteiger partial charge >= 0.3 is 148 Å². The van der Waals surface area contributed by atoms with Crippen LogP contribution < -0.4 is 0 Å². The first-order valence-electron chi connectivity index (χ1n) is 7.41. The minimum absolute atomic E-state index is 0. The van der Waals surface area contributed by atoms with Crippen LogP contribution in [0.25, 0.3) is 0 Å². The maximum absolute atomic E-state index is 2.29. The van der Waals surface area contributed by atoms with Gasteiger partial charge < -0.3 is 0 Å². The summed E-state index contributed by atoms with van der Waals surface area (Å²) in [6.45, 7) is 4.58. The molecule has 102 valence electrons. The summed E-state index contributed by atoms with van der Waals surface area (Å²) in [4.78, 5) is 0. The van der Waals surface area contributed by atoms with Gasteiger partial charge in [-0.1, -0.05) is 97.3 Å². The standard InChI is InChI=1S/C15H32.5Na.5H/c1-3-5-7-9-11-13-15-14-12-10-8-6-4-2;;;;;;;;;;/h3-15H2,1-2H3;;;;;;;;;;. The van der Waals surface area contributed by atoms with Crippen LogP contribution >= 0.6 is 0 Å². The summed E-state index contributed by atoms with van der Waals surface area (Å²) in [5, 5.41) is 0. The third kappa shape index (κ3) is 38.5. The zero-order valence-electron chi connectivity index (χ0n) is 11.2. The molecule has 0 aromatic carbocycles. The molecule has 0 saturated carbocycles. The van der Waals surface area contributed by atoms with Gasteiger partial charge in [-0.15, -0.1) is 0 Å². The van der Waals surface area contributed by atoms with Crippen LogP contribution in [0.2, 0.25) is 0 Å². The summed E-state index contributed by atoms with van der Waals surface area (Å²) in [5.41, 5.74) is 0. The molecule has 0 aromatic heterocycles. The van der Waals surface area contributed by atoms with Gasteiger partial charge in [-0.2, -0.15) is 0 Å². The first kappa shape index (κ1) is 39.9. The molecule has 0 fully saturated rings. The Morgan fingerprint density at radius 3 is 0.600 bits per heavy atom. The molecule has 0 atom stereocenters. The van der Waals surface area contributed by atoms with Gasteiger partial charge in [0.1, 0.15) is 0 Å². The Bertz CT molecular complexity index is 100. The van der Waals surface area contributed by atoms with Crippen molar-refractivity contribution in [2.75, 3.05) is 0 Å². The Kier molecular flexibility index (Phi) is 78.2. The monoisotopic (exact) mass is 332 g/mol. The molecule has 5 heteroatoms. The SMILES string of the molecule is CCCCCCCCCCCCCCC.[NaH].[NaH].[NaH].[NaH].[NaH]. The summed E-state index contributed by atoms with van der Waals surface area (Å²) in [6, 6.07) is 0. The molecule has 0 N–H and O–H groups in total. The summed E-state index contributed by atoms with van der Waals surface area (Å²) >= 11 is 0. The molecule has 0 amide bonds. The number of rotatable bonds is 12. The molecule has 0 nitrogen and oxygen atoms in total. The topological polar surface area (TPSA) is 0 Å². The number of hydrogen-bond donors (Lipinski definition) is 0. The first-order chi connectivity index (χ1) is 7.41. The first-order valence-corrected chi connectivity index (χ1v) is 7.41. The van der Waals surface area contributed by atoms with E-state index in [4.69, 9.17) is 0 Å². The van der Waals surface area contributed by atoms with Gasteiger partial charge in [0.2, 0.25) is 0 Å². The molecule has 0 aliphatic rings. The van der Waals surface area contributed by atoms with E-state index >= 15 is 0 Å². The fraction of sp³-hybridized carbons (Fsp3) is 1.00. The predicted octanol–water partition coefficient (Wildman–Crippen LogP) is 2.86. The Morgan fingerprint density at radius 2 is 0.450 bits per heavy atom. The normalized spacial score (nSPS) is 8.10. The van der Waals surface area contributed by atoms with Crippen LogP contribution in [-0.2, 0) is 0 Å². The second-order valence-corrected chi connectivity index (χ2v) is 4.89. The predicted molar refractivity (Wildman–Crippen MR) is 107 cm³/mol. The summed E-state index contributed by atoms with van der Waals surface area (Å²) in [5.74, 6) is 0. The quantitative estimate of drug-likeness (QED) is 0.381. The minimum atomic E-state index is 0. The van der Waals surface area contributed by atoms with Gasteiger partial charge in [-0.25, -0.2) is 0 Å². The molecule has 0 aliphatic heterocycles. The van der Waals surface area contributed by atoms with Gasteiger partial charge in [0, 0.05) is 0 Å². The van der Waals surface area contributed by atoms with E-state index in [0.29, 0.717) is 0 Å². The third-order valence-electron chi connectivity index (χ3n) is 3.21. The maximum atomic E-state index is 2.29. The van der Waals surface area contributed by atoms with Gasteiger partial charge in [-0.3, -0.25) is 0 Å². The van der Waals surface area contributed by atoms with Crippen molar-refractivity contribution in [1.29, 1.82) is 0 Å². The van der Waals surface area contributed by atoms with Crippen molar-refractivity contribution in [3.05, 3.63) is 0 Å². The van der Waals surface area contributed by atoms with E-state index in [0.717, 1.165) is 0 Å². The molecular weight excluding hydrogens is 295 g/mol. The van der Waals surface area contributed by atoms with Crippen LogP contribution in [0.5, 0.6) is 0 Å². The zero-order valence-corrected chi connectivity index (χ0v) is 11.2. The Morgan fingerprint density at radius 1 is 0.300 bits per heavy atom. The molecular formula is C15H37Na5. The van der Waals surface area contributed by atoms with Gasteiger partial charge in [0.25, 0.3) is 0 Å². The van der Waals surface area contributed by atoms with Crippen molar-refractivity contribution in [2.45, 2.75) is 97.3 Å². The Labute approximate surface area is 240 Å². The molecule has 0 aliphatic carbocycles. The average Bonchev–Trinajstić information content (AvgIpc) is 2.26. The number of hydrogen-bond acceptors (Lipinski definition) is 0. The molecule has 0 heterocycles. The molecule has 0 saturated heterocycles. The van der Waals surface area contributed by atoms with Gasteiger partial charge in [0.05, 0.1) is 0 Å². The van der Waals surface area contributed by atoms with E-state index in [-0.39, 0.29) is 148 Å². The van der Waals surface area contributed by atoms with Crippen LogP contribution in [0.15, 0.2) is 0 Å².